The van der Waals surface area contributed by atoms with E-state index in [2.05, 4.69) is 40.5 Å². The molecule has 41 heavy (non-hydrogen) atoms. The highest BCUT2D eigenvalue weighted by Gasteiger charge is 2.38. The van der Waals surface area contributed by atoms with Crippen LogP contribution in [-0.4, -0.2) is 90.4 Å². The SMILES string of the molecule is CCP(=O)(O)OCC1O[C@@H](n2cc(/C=C/C(=O)NCCNc3ncnc4[nH]cnc34)c3c(N)ncnc32)C[C@H]1OC. The maximum atomic E-state index is 12.5. The molecule has 16 nitrogen and oxygen atoms in total. The monoisotopic (exact) mass is 586 g/mol. The Bertz CT molecular complexity index is 1610. The quantitative estimate of drug-likeness (QED) is 0.0903. The van der Waals surface area contributed by atoms with Gasteiger partial charge in [-0.2, -0.15) is 0 Å². The molecule has 1 aliphatic heterocycles. The van der Waals surface area contributed by atoms with Gasteiger partial charge in [0.15, 0.2) is 11.5 Å². The van der Waals surface area contributed by atoms with Crippen LogP contribution in [0.15, 0.2) is 31.3 Å². The number of carbonyl (C=O) groups is 1. The number of nitrogens with one attached hydrogen (secondary N) is 3. The first-order valence-corrected chi connectivity index (χ1v) is 14.7. The van der Waals surface area contributed by atoms with Gasteiger partial charge in [0.05, 0.1) is 24.4 Å². The Labute approximate surface area is 234 Å². The fraction of sp³-hybridized carbons (Fsp3) is 0.417. The predicted molar refractivity (Wildman–Crippen MR) is 150 cm³/mol. The number of rotatable bonds is 12. The lowest BCUT2D eigenvalue weighted by Crippen LogP contribution is -2.27. The van der Waals surface area contributed by atoms with Gasteiger partial charge in [-0.3, -0.25) is 9.36 Å². The summed E-state index contributed by atoms with van der Waals surface area (Å²) in [7, 11) is -2.14. The van der Waals surface area contributed by atoms with Crippen LogP contribution in [0.3, 0.4) is 0 Å². The topological polar surface area (TPSA) is 217 Å². The Morgan fingerprint density at radius 3 is 2.93 bits per heavy atom. The number of hydrogen-bond donors (Lipinski definition) is 5. The molecule has 0 radical (unpaired) electrons. The summed E-state index contributed by atoms with van der Waals surface area (Å²) in [4.78, 5) is 46.2. The van der Waals surface area contributed by atoms with Gasteiger partial charge in [-0.05, 0) is 6.08 Å². The molecule has 0 aromatic carbocycles. The molecule has 6 N–H and O–H groups in total. The van der Waals surface area contributed by atoms with Crippen LogP contribution in [0.1, 0.15) is 25.1 Å². The number of amides is 1. The minimum absolute atomic E-state index is 0.00444. The number of hydrogen-bond acceptors (Lipinski definition) is 12. The van der Waals surface area contributed by atoms with E-state index in [-0.39, 0.29) is 30.6 Å². The summed E-state index contributed by atoms with van der Waals surface area (Å²) in [6.07, 6.45) is 8.08. The zero-order valence-corrected chi connectivity index (χ0v) is 23.3. The molecule has 5 rings (SSSR count). The van der Waals surface area contributed by atoms with Crippen molar-refractivity contribution in [2.45, 2.75) is 31.8 Å². The zero-order chi connectivity index (χ0) is 29.0. The van der Waals surface area contributed by atoms with E-state index in [4.69, 9.17) is 19.7 Å². The van der Waals surface area contributed by atoms with Gasteiger partial charge in [0, 0.05) is 50.6 Å². The maximum absolute atomic E-state index is 12.5. The second-order valence-corrected chi connectivity index (χ2v) is 11.4. The van der Waals surface area contributed by atoms with Gasteiger partial charge in [-0.1, -0.05) is 6.92 Å². The van der Waals surface area contributed by atoms with Crippen LogP contribution in [-0.2, 0) is 23.4 Å². The molecule has 0 saturated carbocycles. The Morgan fingerprint density at radius 2 is 2.12 bits per heavy atom. The third kappa shape index (κ3) is 6.36. The number of carbonyl (C=O) groups excluding carboxylic acids is 1. The number of aromatic amines is 1. The van der Waals surface area contributed by atoms with E-state index in [0.29, 0.717) is 53.1 Å². The molecule has 17 heteroatoms. The van der Waals surface area contributed by atoms with E-state index in [9.17, 15) is 14.3 Å². The first kappa shape index (κ1) is 28.6. The summed E-state index contributed by atoms with van der Waals surface area (Å²) >= 11 is 0. The third-order valence-corrected chi connectivity index (χ3v) is 8.00. The van der Waals surface area contributed by atoms with Crippen molar-refractivity contribution in [3.8, 4) is 0 Å². The summed E-state index contributed by atoms with van der Waals surface area (Å²) < 4.78 is 30.7. The van der Waals surface area contributed by atoms with Crippen molar-refractivity contribution < 1.29 is 28.3 Å². The van der Waals surface area contributed by atoms with Crippen molar-refractivity contribution in [3.63, 3.8) is 0 Å². The van der Waals surface area contributed by atoms with Gasteiger partial charge in [0.1, 0.15) is 42.0 Å². The molecule has 1 fully saturated rings. The lowest BCUT2D eigenvalue weighted by atomic mass is 10.2. The van der Waals surface area contributed by atoms with Crippen molar-refractivity contribution in [3.05, 3.63) is 36.8 Å². The molecular weight excluding hydrogens is 555 g/mol. The van der Waals surface area contributed by atoms with Gasteiger partial charge < -0.3 is 44.8 Å². The number of ether oxygens (including phenoxy) is 2. The van der Waals surface area contributed by atoms with Gasteiger partial charge in [-0.25, -0.2) is 24.9 Å². The molecule has 218 valence electrons. The summed E-state index contributed by atoms with van der Waals surface area (Å²) in [6, 6.07) is 0. The van der Waals surface area contributed by atoms with Crippen molar-refractivity contribution in [2.24, 2.45) is 0 Å². The van der Waals surface area contributed by atoms with Gasteiger partial charge in [0.2, 0.25) is 5.91 Å². The number of fused-ring (bicyclic) bond motifs is 2. The van der Waals surface area contributed by atoms with E-state index < -0.39 is 19.9 Å². The number of nitrogens with zero attached hydrogens (tertiary/aromatic N) is 6. The largest absolute Gasteiger partial charge is 0.383 e. The number of nitrogens with two attached hydrogens (primary N) is 1. The fourth-order valence-electron chi connectivity index (χ4n) is 4.52. The van der Waals surface area contributed by atoms with Crippen LogP contribution in [0.25, 0.3) is 28.3 Å². The standard InChI is InChI=1S/C24H31N10O6P/c1-3-41(36,37)39-10-16-15(38-2)8-18(40-16)34-9-14(19-21(25)29-12-33-24(19)34)4-5-17(35)26-6-7-27-22-20-23(30-11-28-20)32-13-31-22/h4-5,9,11-13,15-16,18H,3,6-8,10H2,1-2H3,(H,26,35)(H,36,37)(H2,25,29,33)(H2,27,28,30,31,32)/b5-4+/t15-,16?,18-/m1/s1. The Balaban J connectivity index is 1.25. The van der Waals surface area contributed by atoms with Crippen LogP contribution >= 0.6 is 7.60 Å². The van der Waals surface area contributed by atoms with Crippen LogP contribution in [0.4, 0.5) is 11.6 Å². The molecule has 2 unspecified atom stereocenters. The molecule has 0 aliphatic carbocycles. The molecular formula is C24H31N10O6P. The number of imidazole rings is 1. The highest BCUT2D eigenvalue weighted by atomic mass is 31.2. The lowest BCUT2D eigenvalue weighted by molar-refractivity contribution is -0.116. The molecule has 1 amide bonds. The summed E-state index contributed by atoms with van der Waals surface area (Å²) in [5, 5.41) is 6.51. The number of H-pyrrole nitrogens is 1. The molecule has 1 aliphatic rings. The number of anilines is 2. The summed E-state index contributed by atoms with van der Waals surface area (Å²) in [5.41, 5.74) is 8.55. The van der Waals surface area contributed by atoms with Crippen LogP contribution in [0.5, 0.6) is 0 Å². The van der Waals surface area contributed by atoms with Crippen molar-refractivity contribution >= 4 is 53.4 Å². The molecule has 1 saturated heterocycles. The summed E-state index contributed by atoms with van der Waals surface area (Å²) in [5.74, 6) is 0.505. The lowest BCUT2D eigenvalue weighted by Gasteiger charge is -2.19. The Hall–Kier alpha value is -3.95. The number of nitrogen functional groups attached to an aromatic ring is 1. The minimum atomic E-state index is -3.69. The molecule has 4 aromatic heterocycles. The molecule has 4 atom stereocenters. The Kier molecular flexibility index (Phi) is 8.56. The highest BCUT2D eigenvalue weighted by Crippen LogP contribution is 2.43. The van der Waals surface area contributed by atoms with Crippen LogP contribution < -0.4 is 16.4 Å². The fourth-order valence-corrected chi connectivity index (χ4v) is 5.08. The van der Waals surface area contributed by atoms with E-state index in [1.807, 2.05) is 0 Å². The van der Waals surface area contributed by atoms with Crippen molar-refractivity contribution in [2.75, 3.05) is 44.0 Å². The summed E-state index contributed by atoms with van der Waals surface area (Å²) in [6.45, 7) is 2.24. The second kappa shape index (κ2) is 12.3. The minimum Gasteiger partial charge on any atom is -0.383 e. The maximum Gasteiger partial charge on any atom is 0.327 e. The third-order valence-electron chi connectivity index (χ3n) is 6.65. The van der Waals surface area contributed by atoms with E-state index in [1.165, 1.54) is 25.1 Å². The van der Waals surface area contributed by atoms with Gasteiger partial charge >= 0.3 is 7.60 Å². The van der Waals surface area contributed by atoms with Crippen molar-refractivity contribution in [1.29, 1.82) is 0 Å². The Morgan fingerprint density at radius 1 is 1.29 bits per heavy atom. The van der Waals surface area contributed by atoms with E-state index in [0.717, 1.165) is 0 Å². The molecule has 0 bridgehead atoms. The molecule has 5 heterocycles. The van der Waals surface area contributed by atoms with Crippen molar-refractivity contribution in [1.82, 2.24) is 39.8 Å². The predicted octanol–water partition coefficient (Wildman–Crippen LogP) is 1.45. The van der Waals surface area contributed by atoms with E-state index in [1.54, 1.807) is 30.9 Å². The van der Waals surface area contributed by atoms with E-state index >= 15 is 0 Å². The highest BCUT2D eigenvalue weighted by molar-refractivity contribution is 7.52. The number of aromatic nitrogens is 7. The second-order valence-electron chi connectivity index (χ2n) is 9.21. The normalized spacial score (nSPS) is 20.6. The smallest absolute Gasteiger partial charge is 0.327 e. The first-order chi connectivity index (χ1) is 19.8. The zero-order valence-electron chi connectivity index (χ0n) is 22.4. The van der Waals surface area contributed by atoms with Crippen LogP contribution in [0, 0.1) is 0 Å². The van der Waals surface area contributed by atoms with Gasteiger partial charge in [0.25, 0.3) is 0 Å². The molecule has 0 spiro atoms. The average molecular weight is 587 g/mol. The van der Waals surface area contributed by atoms with Gasteiger partial charge in [-0.15, -0.1) is 0 Å². The van der Waals surface area contributed by atoms with Crippen LogP contribution in [0.2, 0.25) is 0 Å². The number of methoxy groups -OCH3 is 1. The molecule has 4 aromatic rings. The first-order valence-electron chi connectivity index (χ1n) is 12.9. The average Bonchev–Trinajstić information content (AvgIpc) is 3.70.